The number of hydrogen-bond acceptors (Lipinski definition) is 5. The van der Waals surface area contributed by atoms with Gasteiger partial charge in [-0.3, -0.25) is 14.8 Å². The summed E-state index contributed by atoms with van der Waals surface area (Å²) < 4.78 is 2.11. The Bertz CT molecular complexity index is 1340. The van der Waals surface area contributed by atoms with Gasteiger partial charge in [0, 0.05) is 46.9 Å². The Morgan fingerprint density at radius 3 is 2.64 bits per heavy atom. The van der Waals surface area contributed by atoms with E-state index in [-0.39, 0.29) is 5.91 Å². The smallest absolute Gasteiger partial charge is 0.274 e. The van der Waals surface area contributed by atoms with Crippen LogP contribution in [0.4, 0.5) is 5.69 Å². The lowest BCUT2D eigenvalue weighted by atomic mass is 10.0. The van der Waals surface area contributed by atoms with Crippen LogP contribution >= 0.6 is 0 Å². The first-order valence-corrected chi connectivity index (χ1v) is 11.4. The first kappa shape index (κ1) is 19.8. The van der Waals surface area contributed by atoms with Gasteiger partial charge in [-0.2, -0.15) is 0 Å². The molecule has 6 rings (SSSR count). The maximum atomic E-state index is 13.0. The molecule has 3 aromatic heterocycles. The molecule has 164 valence electrons. The molecule has 0 radical (unpaired) electrons. The van der Waals surface area contributed by atoms with Gasteiger partial charge >= 0.3 is 0 Å². The SMILES string of the molecule is Cc1cnc(C(=O)Nc2cccc(-c3nncn3C3CC3)c2)cc1-c1ccc(C2CC2)nc1. The Hall–Kier alpha value is -3.87. The first-order valence-electron chi connectivity index (χ1n) is 11.4. The number of carbonyl (C=O) groups is 1. The number of nitrogens with one attached hydrogen (secondary N) is 1. The first-order chi connectivity index (χ1) is 16.2. The van der Waals surface area contributed by atoms with Crippen LogP contribution in [0.25, 0.3) is 22.5 Å². The molecule has 0 unspecified atom stereocenters. The average Bonchev–Trinajstić information content (AvgIpc) is 3.78. The number of carbonyl (C=O) groups excluding carboxylic acids is 1. The Balaban J connectivity index is 1.24. The number of pyridine rings is 2. The predicted molar refractivity (Wildman–Crippen MR) is 126 cm³/mol. The summed E-state index contributed by atoms with van der Waals surface area (Å²) in [6.07, 6.45) is 10.2. The van der Waals surface area contributed by atoms with E-state index in [2.05, 4.69) is 42.2 Å². The fourth-order valence-corrected chi connectivity index (χ4v) is 4.14. The maximum absolute atomic E-state index is 13.0. The molecule has 2 saturated carbocycles. The summed E-state index contributed by atoms with van der Waals surface area (Å²) in [5.41, 5.74) is 6.12. The van der Waals surface area contributed by atoms with Crippen molar-refractivity contribution in [1.29, 1.82) is 0 Å². The third-order valence-corrected chi connectivity index (χ3v) is 6.32. The largest absolute Gasteiger partial charge is 0.321 e. The number of aryl methyl sites for hydroxylation is 1. The van der Waals surface area contributed by atoms with Crippen molar-refractivity contribution in [2.45, 2.75) is 44.6 Å². The van der Waals surface area contributed by atoms with E-state index >= 15 is 0 Å². The zero-order valence-electron chi connectivity index (χ0n) is 18.4. The van der Waals surface area contributed by atoms with Crippen molar-refractivity contribution in [1.82, 2.24) is 24.7 Å². The van der Waals surface area contributed by atoms with Gasteiger partial charge in [0.2, 0.25) is 0 Å². The summed E-state index contributed by atoms with van der Waals surface area (Å²) >= 11 is 0. The molecule has 0 aliphatic heterocycles. The van der Waals surface area contributed by atoms with Crippen LogP contribution in [0.5, 0.6) is 0 Å². The monoisotopic (exact) mass is 436 g/mol. The van der Waals surface area contributed by atoms with Crippen LogP contribution in [-0.2, 0) is 0 Å². The lowest BCUT2D eigenvalue weighted by molar-refractivity contribution is 0.102. The molecule has 0 saturated heterocycles. The zero-order chi connectivity index (χ0) is 22.4. The lowest BCUT2D eigenvalue weighted by Crippen LogP contribution is -2.14. The molecule has 7 nitrogen and oxygen atoms in total. The van der Waals surface area contributed by atoms with Gasteiger partial charge in [0.25, 0.3) is 5.91 Å². The van der Waals surface area contributed by atoms with Crippen LogP contribution in [0.2, 0.25) is 0 Å². The third-order valence-electron chi connectivity index (χ3n) is 6.32. The van der Waals surface area contributed by atoms with Gasteiger partial charge in [-0.15, -0.1) is 10.2 Å². The van der Waals surface area contributed by atoms with Gasteiger partial charge in [-0.25, -0.2) is 0 Å². The Labute approximate surface area is 191 Å². The lowest BCUT2D eigenvalue weighted by Gasteiger charge is -2.11. The standard InChI is InChI=1S/C26H24N6O/c1-16-13-27-24(12-22(16)19-7-10-23(28-14-19)17-5-6-17)26(33)30-20-4-2-3-18(11-20)25-31-29-15-32(25)21-8-9-21/h2-4,7,10-15,17,21H,5-6,8-9H2,1H3,(H,30,33). The van der Waals surface area contributed by atoms with Crippen molar-refractivity contribution < 1.29 is 4.79 Å². The van der Waals surface area contributed by atoms with Crippen molar-refractivity contribution in [3.05, 3.63) is 78.1 Å². The number of hydrogen-bond donors (Lipinski definition) is 1. The van der Waals surface area contributed by atoms with Crippen LogP contribution in [0.1, 0.15) is 59.4 Å². The van der Waals surface area contributed by atoms with E-state index in [1.807, 2.05) is 43.5 Å². The van der Waals surface area contributed by atoms with E-state index in [4.69, 9.17) is 0 Å². The van der Waals surface area contributed by atoms with E-state index in [0.29, 0.717) is 23.3 Å². The Kier molecular flexibility index (Phi) is 4.75. The highest BCUT2D eigenvalue weighted by molar-refractivity contribution is 6.03. The molecule has 2 fully saturated rings. The minimum Gasteiger partial charge on any atom is -0.321 e. The van der Waals surface area contributed by atoms with Crippen molar-refractivity contribution in [2.24, 2.45) is 0 Å². The number of aromatic nitrogens is 5. The van der Waals surface area contributed by atoms with Crippen LogP contribution in [-0.4, -0.2) is 30.6 Å². The fraction of sp³-hybridized carbons (Fsp3) is 0.269. The summed E-state index contributed by atoms with van der Waals surface area (Å²) in [4.78, 5) is 22.0. The number of rotatable bonds is 6. The molecule has 7 heteroatoms. The highest BCUT2D eigenvalue weighted by atomic mass is 16.1. The molecule has 3 heterocycles. The van der Waals surface area contributed by atoms with Crippen LogP contribution in [0, 0.1) is 6.92 Å². The van der Waals surface area contributed by atoms with E-state index in [0.717, 1.165) is 46.6 Å². The van der Waals surface area contributed by atoms with Crippen molar-refractivity contribution >= 4 is 11.6 Å². The van der Waals surface area contributed by atoms with E-state index in [1.54, 1.807) is 12.5 Å². The van der Waals surface area contributed by atoms with Crippen LogP contribution in [0.15, 0.2) is 61.2 Å². The quantitative estimate of drug-likeness (QED) is 0.450. The van der Waals surface area contributed by atoms with E-state index in [1.165, 1.54) is 12.8 Å². The molecule has 0 atom stereocenters. The highest BCUT2D eigenvalue weighted by Crippen LogP contribution is 2.39. The maximum Gasteiger partial charge on any atom is 0.274 e. The minimum atomic E-state index is -0.250. The summed E-state index contributed by atoms with van der Waals surface area (Å²) in [5.74, 6) is 1.19. The molecule has 33 heavy (non-hydrogen) atoms. The number of nitrogens with zero attached hydrogens (tertiary/aromatic N) is 5. The molecule has 2 aliphatic rings. The fourth-order valence-electron chi connectivity index (χ4n) is 4.14. The van der Waals surface area contributed by atoms with E-state index < -0.39 is 0 Å². The molecule has 4 aromatic rings. The van der Waals surface area contributed by atoms with Gasteiger partial charge in [-0.05, 0) is 68.0 Å². The molecule has 1 aromatic carbocycles. The molecule has 0 spiro atoms. The molecular weight excluding hydrogens is 412 g/mol. The normalized spacial score (nSPS) is 15.4. The van der Waals surface area contributed by atoms with Gasteiger partial charge < -0.3 is 9.88 Å². The van der Waals surface area contributed by atoms with Gasteiger partial charge in [0.05, 0.1) is 0 Å². The number of benzene rings is 1. The van der Waals surface area contributed by atoms with Gasteiger partial charge in [0.15, 0.2) is 5.82 Å². The second kappa shape index (κ2) is 7.92. The van der Waals surface area contributed by atoms with Gasteiger partial charge in [0.1, 0.15) is 12.0 Å². The molecule has 0 bridgehead atoms. The highest BCUT2D eigenvalue weighted by Gasteiger charge is 2.27. The Morgan fingerprint density at radius 1 is 1.00 bits per heavy atom. The summed E-state index contributed by atoms with van der Waals surface area (Å²) in [6.45, 7) is 2.00. The average molecular weight is 437 g/mol. The number of amides is 1. The zero-order valence-corrected chi connectivity index (χ0v) is 18.4. The predicted octanol–water partition coefficient (Wildman–Crippen LogP) is 5.18. The third kappa shape index (κ3) is 4.02. The van der Waals surface area contributed by atoms with Crippen LogP contribution in [0.3, 0.4) is 0 Å². The van der Waals surface area contributed by atoms with Crippen molar-refractivity contribution in [3.8, 4) is 22.5 Å². The summed E-state index contributed by atoms with van der Waals surface area (Å²) in [6, 6.07) is 14.2. The molecular formula is C26H24N6O. The summed E-state index contributed by atoms with van der Waals surface area (Å²) in [7, 11) is 0. The molecule has 1 amide bonds. The Morgan fingerprint density at radius 2 is 1.88 bits per heavy atom. The number of anilines is 1. The summed E-state index contributed by atoms with van der Waals surface area (Å²) in [5, 5.41) is 11.3. The minimum absolute atomic E-state index is 0.250. The second-order valence-corrected chi connectivity index (χ2v) is 8.96. The van der Waals surface area contributed by atoms with Crippen molar-refractivity contribution in [3.63, 3.8) is 0 Å². The topological polar surface area (TPSA) is 85.6 Å². The van der Waals surface area contributed by atoms with Gasteiger partial charge in [-0.1, -0.05) is 18.2 Å². The second-order valence-electron chi connectivity index (χ2n) is 8.96. The van der Waals surface area contributed by atoms with Crippen LogP contribution < -0.4 is 5.32 Å². The van der Waals surface area contributed by atoms with Crippen molar-refractivity contribution in [2.75, 3.05) is 5.32 Å². The molecule has 1 N–H and O–H groups in total. The van der Waals surface area contributed by atoms with E-state index in [9.17, 15) is 4.79 Å². The molecule has 2 aliphatic carbocycles.